The van der Waals surface area contributed by atoms with Gasteiger partial charge in [0.25, 0.3) is 11.5 Å². The van der Waals surface area contributed by atoms with Gasteiger partial charge in [0.15, 0.2) is 5.60 Å². The minimum atomic E-state index is -1.81. The Kier molecular flexibility index (Phi) is 4.38. The van der Waals surface area contributed by atoms with Gasteiger partial charge in [-0.3, -0.25) is 19.5 Å². The molecule has 7 nitrogen and oxygen atoms in total. The average molecular weight is 434 g/mol. The number of aromatic amines is 1. The fourth-order valence-electron chi connectivity index (χ4n) is 4.02. The summed E-state index contributed by atoms with van der Waals surface area (Å²) in [5.41, 5.74) is -0.295. The number of hydrogen-bond acceptors (Lipinski definition) is 5. The van der Waals surface area contributed by atoms with E-state index in [1.54, 1.807) is 12.3 Å². The smallest absolute Gasteiger partial charge is 0.272 e. The lowest BCUT2D eigenvalue weighted by atomic mass is 9.98. The summed E-state index contributed by atoms with van der Waals surface area (Å²) in [5.74, 6) is -1.70. The van der Waals surface area contributed by atoms with E-state index in [-0.39, 0.29) is 17.5 Å². The Morgan fingerprint density at radius 1 is 1.03 bits per heavy atom. The van der Waals surface area contributed by atoms with E-state index in [9.17, 15) is 23.5 Å². The zero-order chi connectivity index (χ0) is 22.6. The molecule has 32 heavy (non-hydrogen) atoms. The lowest BCUT2D eigenvalue weighted by Crippen LogP contribution is -2.35. The van der Waals surface area contributed by atoms with Gasteiger partial charge in [-0.1, -0.05) is 6.07 Å². The third-order valence-corrected chi connectivity index (χ3v) is 5.58. The highest BCUT2D eigenvalue weighted by Gasteiger charge is 2.47. The molecule has 0 radical (unpaired) electrons. The predicted molar refractivity (Wildman–Crippen MR) is 112 cm³/mol. The normalized spacial score (nSPS) is 17.8. The molecule has 1 aliphatic rings. The van der Waals surface area contributed by atoms with Gasteiger partial charge in [-0.15, -0.1) is 0 Å². The van der Waals surface area contributed by atoms with E-state index >= 15 is 0 Å². The Morgan fingerprint density at radius 2 is 1.78 bits per heavy atom. The number of H-pyrrole nitrogens is 1. The van der Waals surface area contributed by atoms with Gasteiger partial charge in [0.2, 0.25) is 0 Å². The van der Waals surface area contributed by atoms with Crippen LogP contribution in [0.1, 0.15) is 23.7 Å². The fourth-order valence-corrected chi connectivity index (χ4v) is 4.02. The quantitative estimate of drug-likeness (QED) is 0.516. The van der Waals surface area contributed by atoms with Crippen LogP contribution < -0.4 is 10.5 Å². The minimum absolute atomic E-state index is 0.175. The van der Waals surface area contributed by atoms with Gasteiger partial charge in [0.1, 0.15) is 11.6 Å². The number of hydrogen-bond donors (Lipinski definition) is 2. The predicted octanol–water partition coefficient (Wildman–Crippen LogP) is 3.07. The van der Waals surface area contributed by atoms with Crippen LogP contribution in [-0.4, -0.2) is 26.2 Å². The van der Waals surface area contributed by atoms with Crippen molar-refractivity contribution in [3.63, 3.8) is 0 Å². The van der Waals surface area contributed by atoms with Crippen molar-refractivity contribution in [3.05, 3.63) is 93.7 Å². The Morgan fingerprint density at radius 3 is 2.59 bits per heavy atom. The maximum absolute atomic E-state index is 13.9. The van der Waals surface area contributed by atoms with Crippen LogP contribution >= 0.6 is 0 Å². The van der Waals surface area contributed by atoms with E-state index in [1.807, 2.05) is 0 Å². The third kappa shape index (κ3) is 3.05. The first-order valence-corrected chi connectivity index (χ1v) is 9.73. The summed E-state index contributed by atoms with van der Waals surface area (Å²) in [4.78, 5) is 30.4. The van der Waals surface area contributed by atoms with E-state index < -0.39 is 28.7 Å². The Bertz CT molecular complexity index is 1470. The van der Waals surface area contributed by atoms with Crippen LogP contribution in [0.4, 0.5) is 20.2 Å². The van der Waals surface area contributed by atoms with Crippen LogP contribution in [0.3, 0.4) is 0 Å². The first kappa shape index (κ1) is 20.0. The molecule has 0 bridgehead atoms. The number of benzene rings is 2. The van der Waals surface area contributed by atoms with Crippen molar-refractivity contribution in [2.24, 2.45) is 0 Å². The number of rotatable bonds is 3. The number of halogens is 2. The molecule has 5 rings (SSSR count). The van der Waals surface area contributed by atoms with Gasteiger partial charge in [-0.05, 0) is 48.9 Å². The third-order valence-electron chi connectivity index (χ3n) is 5.58. The lowest BCUT2D eigenvalue weighted by Gasteiger charge is -2.20. The second kappa shape index (κ2) is 7.03. The molecule has 0 spiro atoms. The summed E-state index contributed by atoms with van der Waals surface area (Å²) in [5, 5.41) is 17.8. The van der Waals surface area contributed by atoms with Gasteiger partial charge in [-0.2, -0.15) is 5.10 Å². The second-order valence-electron chi connectivity index (χ2n) is 7.79. The minimum Gasteiger partial charge on any atom is -0.375 e. The highest BCUT2D eigenvalue weighted by molar-refractivity contribution is 6.11. The highest BCUT2D eigenvalue weighted by Crippen LogP contribution is 2.44. The summed E-state index contributed by atoms with van der Waals surface area (Å²) in [6.45, 7) is 1.36. The van der Waals surface area contributed by atoms with E-state index in [0.717, 1.165) is 6.07 Å². The molecule has 1 atom stereocenters. The van der Waals surface area contributed by atoms with Crippen LogP contribution in [0.15, 0.2) is 59.7 Å². The van der Waals surface area contributed by atoms with Gasteiger partial charge in [0.05, 0.1) is 28.7 Å². The number of nitrogens with zero attached hydrogens (tertiary/aromatic N) is 3. The number of fused-ring (bicyclic) bond motifs is 2. The maximum atomic E-state index is 13.9. The molecule has 2 N–H and O–H groups in total. The average Bonchev–Trinajstić information content (AvgIpc) is 2.95. The zero-order valence-corrected chi connectivity index (χ0v) is 16.8. The molecule has 1 aliphatic heterocycles. The van der Waals surface area contributed by atoms with Crippen LogP contribution in [-0.2, 0) is 16.8 Å². The Balaban J connectivity index is 1.57. The monoisotopic (exact) mass is 434 g/mol. The second-order valence-corrected chi connectivity index (χ2v) is 7.79. The standard InChI is InChI=1S/C23H16F2N4O3/c1-23(32)18-5-3-14(25)9-20(18)29(22(23)31)15-6-12(10-26-11-15)7-19-16-4-2-13(24)8-17(16)21(30)28-27-19/h2-6,8-11,32H,7H2,1H3,(H,28,30). The molecular formula is C23H16F2N4O3. The molecule has 0 saturated heterocycles. The number of aromatic nitrogens is 3. The van der Waals surface area contributed by atoms with Crippen molar-refractivity contribution >= 4 is 28.1 Å². The van der Waals surface area contributed by atoms with E-state index in [4.69, 9.17) is 0 Å². The molecule has 2 aromatic carbocycles. The lowest BCUT2D eigenvalue weighted by molar-refractivity contribution is -0.133. The van der Waals surface area contributed by atoms with E-state index in [1.165, 1.54) is 48.4 Å². The maximum Gasteiger partial charge on any atom is 0.272 e. The largest absolute Gasteiger partial charge is 0.375 e. The van der Waals surface area contributed by atoms with Gasteiger partial charge in [-0.25, -0.2) is 13.9 Å². The molecule has 2 aromatic heterocycles. The first-order chi connectivity index (χ1) is 15.3. The summed E-state index contributed by atoms with van der Waals surface area (Å²) in [6.07, 6.45) is 3.23. The number of aliphatic hydroxyl groups is 1. The van der Waals surface area contributed by atoms with Crippen LogP contribution in [0.25, 0.3) is 10.8 Å². The van der Waals surface area contributed by atoms with Crippen molar-refractivity contribution in [1.82, 2.24) is 15.2 Å². The van der Waals surface area contributed by atoms with Gasteiger partial charge >= 0.3 is 0 Å². The molecule has 0 fully saturated rings. The summed E-state index contributed by atoms with van der Waals surface area (Å²) >= 11 is 0. The van der Waals surface area contributed by atoms with Crippen molar-refractivity contribution in [1.29, 1.82) is 0 Å². The number of anilines is 2. The first-order valence-electron chi connectivity index (χ1n) is 9.73. The highest BCUT2D eigenvalue weighted by atomic mass is 19.1. The van der Waals surface area contributed by atoms with Crippen LogP contribution in [0.2, 0.25) is 0 Å². The number of carbonyl (C=O) groups is 1. The molecule has 9 heteroatoms. The summed E-state index contributed by atoms with van der Waals surface area (Å²) < 4.78 is 27.5. The molecule has 1 unspecified atom stereocenters. The molecule has 4 aromatic rings. The number of pyridine rings is 1. The zero-order valence-electron chi connectivity index (χ0n) is 16.8. The summed E-state index contributed by atoms with van der Waals surface area (Å²) in [7, 11) is 0. The topological polar surface area (TPSA) is 99.2 Å². The molecule has 0 aliphatic carbocycles. The molecule has 3 heterocycles. The van der Waals surface area contributed by atoms with Crippen LogP contribution in [0.5, 0.6) is 0 Å². The fraction of sp³-hybridized carbons (Fsp3) is 0.130. The number of nitrogens with one attached hydrogen (secondary N) is 1. The molecule has 1 amide bonds. The number of amides is 1. The van der Waals surface area contributed by atoms with Crippen molar-refractivity contribution in [2.75, 3.05) is 4.90 Å². The Labute approximate surface area is 180 Å². The van der Waals surface area contributed by atoms with Crippen molar-refractivity contribution in [3.8, 4) is 0 Å². The molecular weight excluding hydrogens is 418 g/mol. The molecule has 0 saturated carbocycles. The van der Waals surface area contributed by atoms with E-state index in [2.05, 4.69) is 15.2 Å². The van der Waals surface area contributed by atoms with Gasteiger partial charge in [0, 0.05) is 23.6 Å². The molecule has 160 valence electrons. The SMILES string of the molecule is CC1(O)C(=O)N(c2cncc(Cc3n[nH]c(=O)c4cc(F)ccc34)c2)c2cc(F)ccc21. The Hall–Kier alpha value is -3.98. The van der Waals surface area contributed by atoms with E-state index in [0.29, 0.717) is 27.9 Å². The number of carbonyl (C=O) groups excluding carboxylic acids is 1. The van der Waals surface area contributed by atoms with Crippen molar-refractivity contribution in [2.45, 2.75) is 18.9 Å². The summed E-state index contributed by atoms with van der Waals surface area (Å²) in [6, 6.07) is 9.31. The van der Waals surface area contributed by atoms with Gasteiger partial charge < -0.3 is 5.11 Å². The van der Waals surface area contributed by atoms with Crippen LogP contribution in [0, 0.1) is 11.6 Å². The van der Waals surface area contributed by atoms with Crippen molar-refractivity contribution < 1.29 is 18.7 Å².